The van der Waals surface area contributed by atoms with E-state index in [0.717, 1.165) is 24.2 Å². The zero-order valence-corrected chi connectivity index (χ0v) is 22.4. The van der Waals surface area contributed by atoms with Gasteiger partial charge in [0.15, 0.2) is 22.8 Å². The Morgan fingerprint density at radius 1 is 0.853 bits per heavy atom. The number of ketones is 2. The average molecular weight is 467 g/mol. The topological polar surface area (TPSA) is 46.7 Å². The lowest BCUT2D eigenvalue weighted by molar-refractivity contribution is 0.0847. The highest BCUT2D eigenvalue weighted by molar-refractivity contribution is 6.25. The van der Waals surface area contributed by atoms with Crippen molar-refractivity contribution < 1.29 is 14.3 Å². The molecule has 1 fully saturated rings. The third kappa shape index (κ3) is 5.90. The Kier molecular flexibility index (Phi) is 8.95. The number of ether oxygens (including phenoxy) is 1. The highest BCUT2D eigenvalue weighted by atomic mass is 16.6. The lowest BCUT2D eigenvalue weighted by atomic mass is 9.73. The number of carbonyl (C=O) groups is 2. The van der Waals surface area contributed by atoms with Crippen molar-refractivity contribution in [1.29, 1.82) is 0 Å². The molecule has 0 bridgehead atoms. The van der Waals surface area contributed by atoms with E-state index in [9.17, 15) is 9.59 Å². The molecule has 1 aliphatic heterocycles. The first-order valence-electron chi connectivity index (χ1n) is 13.6. The van der Waals surface area contributed by atoms with E-state index in [-0.39, 0.29) is 11.6 Å². The maximum absolute atomic E-state index is 13.2. The van der Waals surface area contributed by atoms with E-state index in [1.54, 1.807) is 19.1 Å². The molecular formula is C31H46O3. The first-order valence-corrected chi connectivity index (χ1v) is 13.6. The third-order valence-electron chi connectivity index (χ3n) is 8.20. The zero-order valence-electron chi connectivity index (χ0n) is 22.4. The fourth-order valence-corrected chi connectivity index (χ4v) is 5.63. The van der Waals surface area contributed by atoms with Crippen LogP contribution < -0.4 is 0 Å². The SMILES string of the molecule is C/C(=C\C[C@]12O[C@@]1(C)C(=O)c1ccccc1C2=O)CCC[C@H](C)CCC[C@H](C)CCCC(C)C. The van der Waals surface area contributed by atoms with Crippen LogP contribution >= 0.6 is 0 Å². The van der Waals surface area contributed by atoms with Gasteiger partial charge in [0.2, 0.25) is 0 Å². The van der Waals surface area contributed by atoms with Crippen LogP contribution in [0.1, 0.15) is 126 Å². The standard InChI is InChI=1S/C31H46O3/c1-22(2)12-9-13-23(3)14-10-15-24(4)16-11-17-25(5)20-21-31-29(33)27-19-8-7-18-26(27)28(32)30(31,6)34-31/h7-8,18-20,22-24H,9-17,21H2,1-6H3/b25-20+/t23-,24-,30+,31-/m1/s1. The number of Topliss-reactive ketones (excluding diaryl/α,β-unsaturated/α-hetero) is 2. The van der Waals surface area contributed by atoms with Gasteiger partial charge < -0.3 is 4.74 Å². The summed E-state index contributed by atoms with van der Waals surface area (Å²) in [6.07, 6.45) is 14.2. The van der Waals surface area contributed by atoms with Crippen molar-refractivity contribution in [1.82, 2.24) is 0 Å². The molecule has 0 saturated carbocycles. The second kappa shape index (κ2) is 11.3. The molecule has 4 atom stereocenters. The summed E-state index contributed by atoms with van der Waals surface area (Å²) < 4.78 is 5.91. The minimum atomic E-state index is -1.00. The van der Waals surface area contributed by atoms with Gasteiger partial charge in [0.1, 0.15) is 0 Å². The quantitative estimate of drug-likeness (QED) is 0.204. The summed E-state index contributed by atoms with van der Waals surface area (Å²) in [7, 11) is 0. The summed E-state index contributed by atoms with van der Waals surface area (Å²) >= 11 is 0. The van der Waals surface area contributed by atoms with Crippen molar-refractivity contribution in [3.8, 4) is 0 Å². The summed E-state index contributed by atoms with van der Waals surface area (Å²) in [4.78, 5) is 26.1. The normalized spacial score (nSPS) is 25.8. The van der Waals surface area contributed by atoms with Crippen LogP contribution in [0.2, 0.25) is 0 Å². The second-order valence-corrected chi connectivity index (χ2v) is 11.8. The summed E-state index contributed by atoms with van der Waals surface area (Å²) in [5, 5.41) is 0. The number of rotatable bonds is 14. The van der Waals surface area contributed by atoms with E-state index < -0.39 is 11.2 Å². The lowest BCUT2D eigenvalue weighted by Crippen LogP contribution is -2.43. The van der Waals surface area contributed by atoms with Crippen molar-refractivity contribution in [2.24, 2.45) is 17.8 Å². The molecule has 1 aromatic carbocycles. The number of hydrogen-bond donors (Lipinski definition) is 0. The molecule has 0 amide bonds. The van der Waals surface area contributed by atoms with Crippen LogP contribution in [0.15, 0.2) is 35.9 Å². The Bertz CT molecular complexity index is 898. The van der Waals surface area contributed by atoms with Crippen LogP contribution in [0.4, 0.5) is 0 Å². The maximum Gasteiger partial charge on any atom is 0.199 e. The highest BCUT2D eigenvalue weighted by Crippen LogP contribution is 2.57. The van der Waals surface area contributed by atoms with Crippen LogP contribution in [0.3, 0.4) is 0 Å². The Hall–Kier alpha value is -1.74. The number of allylic oxidation sites excluding steroid dienone is 1. The van der Waals surface area contributed by atoms with Crippen LogP contribution in [0.25, 0.3) is 0 Å². The van der Waals surface area contributed by atoms with Crippen LogP contribution in [-0.2, 0) is 4.74 Å². The summed E-state index contributed by atoms with van der Waals surface area (Å²) in [6.45, 7) is 13.3. The van der Waals surface area contributed by atoms with Gasteiger partial charge in [0.25, 0.3) is 0 Å². The number of hydrogen-bond acceptors (Lipinski definition) is 3. The fraction of sp³-hybridized carbons (Fsp3) is 0.677. The third-order valence-corrected chi connectivity index (χ3v) is 8.20. The van der Waals surface area contributed by atoms with E-state index in [1.165, 1.54) is 56.9 Å². The van der Waals surface area contributed by atoms with Gasteiger partial charge >= 0.3 is 0 Å². The first kappa shape index (κ1) is 26.9. The minimum absolute atomic E-state index is 0.0405. The Morgan fingerprint density at radius 3 is 1.97 bits per heavy atom. The fourth-order valence-electron chi connectivity index (χ4n) is 5.63. The number of fused-ring (bicyclic) bond motifs is 2. The van der Waals surface area contributed by atoms with Gasteiger partial charge in [-0.3, -0.25) is 9.59 Å². The van der Waals surface area contributed by atoms with E-state index in [4.69, 9.17) is 4.74 Å². The smallest absolute Gasteiger partial charge is 0.199 e. The molecule has 0 aromatic heterocycles. The maximum atomic E-state index is 13.2. The van der Waals surface area contributed by atoms with Crippen molar-refractivity contribution in [2.75, 3.05) is 0 Å². The molecule has 1 aliphatic carbocycles. The van der Waals surface area contributed by atoms with Crippen LogP contribution in [0.5, 0.6) is 0 Å². The first-order chi connectivity index (χ1) is 16.1. The van der Waals surface area contributed by atoms with Crippen LogP contribution in [-0.4, -0.2) is 22.8 Å². The predicted octanol–water partition coefficient (Wildman–Crippen LogP) is 8.37. The molecule has 1 aromatic rings. The molecule has 1 saturated heterocycles. The molecular weight excluding hydrogens is 420 g/mol. The monoisotopic (exact) mass is 466 g/mol. The molecule has 0 radical (unpaired) electrons. The Balaban J connectivity index is 1.39. The number of carbonyl (C=O) groups excluding carboxylic acids is 2. The summed E-state index contributed by atoms with van der Waals surface area (Å²) in [6, 6.07) is 7.12. The van der Waals surface area contributed by atoms with Gasteiger partial charge in [-0.2, -0.15) is 0 Å². The van der Waals surface area contributed by atoms with Gasteiger partial charge in [0.05, 0.1) is 0 Å². The largest absolute Gasteiger partial charge is 0.345 e. The van der Waals surface area contributed by atoms with Crippen molar-refractivity contribution in [3.05, 3.63) is 47.0 Å². The molecule has 188 valence electrons. The van der Waals surface area contributed by atoms with Gasteiger partial charge in [0, 0.05) is 17.5 Å². The average Bonchev–Trinajstić information content (AvgIpc) is 3.43. The van der Waals surface area contributed by atoms with E-state index >= 15 is 0 Å². The van der Waals surface area contributed by atoms with Crippen molar-refractivity contribution in [3.63, 3.8) is 0 Å². The second-order valence-electron chi connectivity index (χ2n) is 11.8. The predicted molar refractivity (Wildman–Crippen MR) is 140 cm³/mol. The number of benzene rings is 1. The van der Waals surface area contributed by atoms with Crippen molar-refractivity contribution in [2.45, 2.75) is 117 Å². The Labute approximate surface area is 207 Å². The van der Waals surface area contributed by atoms with E-state index in [1.807, 2.05) is 12.1 Å². The van der Waals surface area contributed by atoms with Gasteiger partial charge in [-0.05, 0) is 44.4 Å². The molecule has 2 aliphatic rings. The summed E-state index contributed by atoms with van der Waals surface area (Å²) in [5.41, 5.74) is 0.297. The van der Waals surface area contributed by atoms with E-state index in [0.29, 0.717) is 17.5 Å². The summed E-state index contributed by atoms with van der Waals surface area (Å²) in [5.74, 6) is 2.34. The molecule has 3 rings (SSSR count). The van der Waals surface area contributed by atoms with Crippen LogP contribution in [0, 0.1) is 17.8 Å². The minimum Gasteiger partial charge on any atom is -0.345 e. The highest BCUT2D eigenvalue weighted by Gasteiger charge is 2.77. The molecule has 0 unspecified atom stereocenters. The molecule has 1 heterocycles. The Morgan fingerprint density at radius 2 is 1.38 bits per heavy atom. The zero-order chi connectivity index (χ0) is 24.9. The van der Waals surface area contributed by atoms with E-state index in [2.05, 4.69) is 40.7 Å². The molecule has 3 heteroatoms. The van der Waals surface area contributed by atoms with Gasteiger partial charge in [-0.15, -0.1) is 0 Å². The molecule has 3 nitrogen and oxygen atoms in total. The molecule has 0 spiro atoms. The van der Waals surface area contributed by atoms with Crippen molar-refractivity contribution >= 4 is 11.6 Å². The molecule has 0 N–H and O–H groups in total. The lowest BCUT2D eigenvalue weighted by Gasteiger charge is -2.22. The molecule has 34 heavy (non-hydrogen) atoms. The van der Waals surface area contributed by atoms with Gasteiger partial charge in [-0.25, -0.2) is 0 Å². The number of epoxide rings is 1. The van der Waals surface area contributed by atoms with Gasteiger partial charge in [-0.1, -0.05) is 109 Å².